The van der Waals surface area contributed by atoms with Crippen molar-refractivity contribution in [2.45, 2.75) is 38.9 Å². The Balaban J connectivity index is 1.28. The summed E-state index contributed by atoms with van der Waals surface area (Å²) in [6, 6.07) is 20.7. The molecule has 1 heterocycles. The Labute approximate surface area is 244 Å². The molecule has 1 saturated carbocycles. The van der Waals surface area contributed by atoms with Crippen LogP contribution in [0, 0.1) is 36.0 Å². The van der Waals surface area contributed by atoms with Crippen LogP contribution < -0.4 is 5.32 Å². The lowest BCUT2D eigenvalue weighted by molar-refractivity contribution is 0.0716. The number of anilines is 1. The number of aromatic nitrogens is 2. The first kappa shape index (κ1) is 28.3. The molecular formula is C33H25F5N4O. The van der Waals surface area contributed by atoms with Gasteiger partial charge in [0.25, 0.3) is 5.91 Å². The zero-order valence-electron chi connectivity index (χ0n) is 23.0. The van der Waals surface area contributed by atoms with E-state index in [2.05, 4.69) is 21.4 Å². The zero-order chi connectivity index (χ0) is 30.2. The minimum Gasteiger partial charge on any atom is -0.365 e. The SMILES string of the molecule is Cc1cccc(CNc2ncnc3ccc(-c4cccc(CN(C(=O)c5c(F)c(F)c(F)c(F)c5F)C5CC5)c4)cc23)c1. The van der Waals surface area contributed by atoms with Gasteiger partial charge < -0.3 is 10.2 Å². The average molecular weight is 589 g/mol. The smallest absolute Gasteiger partial charge is 0.260 e. The second-order valence-electron chi connectivity index (χ2n) is 10.6. The zero-order valence-corrected chi connectivity index (χ0v) is 23.0. The summed E-state index contributed by atoms with van der Waals surface area (Å²) in [5, 5.41) is 4.19. The van der Waals surface area contributed by atoms with Crippen molar-refractivity contribution in [1.82, 2.24) is 14.9 Å². The molecule has 4 aromatic carbocycles. The number of aryl methyl sites for hydroxylation is 1. The van der Waals surface area contributed by atoms with Gasteiger partial charge in [0, 0.05) is 24.5 Å². The number of hydrogen-bond donors (Lipinski definition) is 1. The van der Waals surface area contributed by atoms with Gasteiger partial charge in [0.2, 0.25) is 5.82 Å². The third-order valence-corrected chi connectivity index (χ3v) is 7.46. The van der Waals surface area contributed by atoms with Crippen molar-refractivity contribution < 1.29 is 26.7 Å². The number of amides is 1. The number of rotatable bonds is 8. The number of halogens is 5. The fraction of sp³-hybridized carbons (Fsp3) is 0.182. The van der Waals surface area contributed by atoms with Crippen molar-refractivity contribution >= 4 is 22.6 Å². The molecule has 218 valence electrons. The normalized spacial score (nSPS) is 12.9. The quantitative estimate of drug-likeness (QED) is 0.115. The largest absolute Gasteiger partial charge is 0.365 e. The van der Waals surface area contributed by atoms with E-state index in [0.29, 0.717) is 30.8 Å². The van der Waals surface area contributed by atoms with Crippen LogP contribution in [0.1, 0.15) is 39.9 Å². The Bertz CT molecular complexity index is 1850. The van der Waals surface area contributed by atoms with E-state index >= 15 is 0 Å². The van der Waals surface area contributed by atoms with E-state index in [1.54, 1.807) is 12.1 Å². The molecule has 6 rings (SSSR count). The van der Waals surface area contributed by atoms with Crippen LogP contribution in [0.5, 0.6) is 0 Å². The summed E-state index contributed by atoms with van der Waals surface area (Å²) in [5.41, 5.74) is 3.83. The lowest BCUT2D eigenvalue weighted by Crippen LogP contribution is -2.34. The summed E-state index contributed by atoms with van der Waals surface area (Å²) < 4.78 is 70.2. The van der Waals surface area contributed by atoms with Gasteiger partial charge in [-0.1, -0.05) is 54.1 Å². The van der Waals surface area contributed by atoms with Crippen molar-refractivity contribution in [3.05, 3.63) is 124 Å². The number of nitrogens with zero attached hydrogens (tertiary/aromatic N) is 3. The van der Waals surface area contributed by atoms with Gasteiger partial charge in [-0.05, 0) is 60.2 Å². The summed E-state index contributed by atoms with van der Waals surface area (Å²) in [4.78, 5) is 23.2. The maximum Gasteiger partial charge on any atom is 0.260 e. The third kappa shape index (κ3) is 5.64. The summed E-state index contributed by atoms with van der Waals surface area (Å²) >= 11 is 0. The lowest BCUT2D eigenvalue weighted by Gasteiger charge is -2.24. The summed E-state index contributed by atoms with van der Waals surface area (Å²) in [6.07, 6.45) is 2.61. The number of nitrogens with one attached hydrogen (secondary N) is 1. The highest BCUT2D eigenvalue weighted by molar-refractivity contribution is 5.95. The molecule has 1 aromatic heterocycles. The molecule has 1 amide bonds. The number of carbonyl (C=O) groups is 1. The molecule has 1 N–H and O–H groups in total. The minimum atomic E-state index is -2.30. The predicted molar refractivity (Wildman–Crippen MR) is 153 cm³/mol. The first-order valence-electron chi connectivity index (χ1n) is 13.7. The van der Waals surface area contributed by atoms with Crippen molar-refractivity contribution in [3.8, 4) is 11.1 Å². The monoisotopic (exact) mass is 588 g/mol. The second-order valence-corrected chi connectivity index (χ2v) is 10.6. The Morgan fingerprint density at radius 3 is 2.21 bits per heavy atom. The van der Waals surface area contributed by atoms with Crippen LogP contribution in [0.3, 0.4) is 0 Å². The van der Waals surface area contributed by atoms with E-state index in [1.165, 1.54) is 11.2 Å². The Morgan fingerprint density at radius 1 is 0.814 bits per heavy atom. The van der Waals surface area contributed by atoms with Crippen LogP contribution in [-0.2, 0) is 13.1 Å². The molecule has 0 spiro atoms. The molecule has 1 fully saturated rings. The minimum absolute atomic E-state index is 0.0726. The summed E-state index contributed by atoms with van der Waals surface area (Å²) in [7, 11) is 0. The van der Waals surface area contributed by atoms with E-state index in [0.717, 1.165) is 33.2 Å². The van der Waals surface area contributed by atoms with Crippen molar-refractivity contribution in [2.75, 3.05) is 5.32 Å². The van der Waals surface area contributed by atoms with E-state index in [-0.39, 0.29) is 12.6 Å². The summed E-state index contributed by atoms with van der Waals surface area (Å²) in [6.45, 7) is 2.53. The Kier molecular flexibility index (Phi) is 7.52. The van der Waals surface area contributed by atoms with Crippen LogP contribution >= 0.6 is 0 Å². The van der Waals surface area contributed by atoms with E-state index < -0.39 is 40.6 Å². The van der Waals surface area contributed by atoms with Gasteiger partial charge in [0.15, 0.2) is 23.3 Å². The van der Waals surface area contributed by atoms with Crippen molar-refractivity contribution in [3.63, 3.8) is 0 Å². The van der Waals surface area contributed by atoms with Gasteiger partial charge in [-0.3, -0.25) is 4.79 Å². The maximum atomic E-state index is 14.5. The highest BCUT2D eigenvalue weighted by Gasteiger charge is 2.38. The number of carbonyl (C=O) groups excluding carboxylic acids is 1. The fourth-order valence-electron chi connectivity index (χ4n) is 5.12. The highest BCUT2D eigenvalue weighted by atomic mass is 19.2. The Hall–Kier alpha value is -4.86. The average Bonchev–Trinajstić information content (AvgIpc) is 3.86. The Morgan fingerprint density at radius 2 is 1.49 bits per heavy atom. The lowest BCUT2D eigenvalue weighted by atomic mass is 10.0. The molecule has 1 aliphatic carbocycles. The number of benzene rings is 4. The van der Waals surface area contributed by atoms with Gasteiger partial charge in [-0.15, -0.1) is 0 Å². The molecule has 10 heteroatoms. The van der Waals surface area contributed by atoms with Gasteiger partial charge in [-0.2, -0.15) is 0 Å². The van der Waals surface area contributed by atoms with Crippen LogP contribution in [0.25, 0.3) is 22.0 Å². The molecular weight excluding hydrogens is 563 g/mol. The summed E-state index contributed by atoms with van der Waals surface area (Å²) in [5.74, 6) is -11.4. The standard InChI is InChI=1S/C33H25F5N4O/c1-18-4-2-5-19(12-18)15-39-32-24-14-22(8-11-25(24)40-17-41-32)21-7-3-6-20(13-21)16-42(23-9-10-23)33(43)26-27(34)29(36)31(38)30(37)28(26)35/h2-8,11-14,17,23H,9-10,15-16H2,1H3,(H,39,40,41). The molecule has 0 atom stereocenters. The fourth-order valence-corrected chi connectivity index (χ4v) is 5.12. The van der Waals surface area contributed by atoms with Gasteiger partial charge in [0.05, 0.1) is 5.52 Å². The maximum absolute atomic E-state index is 14.5. The molecule has 0 aliphatic heterocycles. The molecule has 0 saturated heterocycles. The number of hydrogen-bond acceptors (Lipinski definition) is 4. The van der Waals surface area contributed by atoms with E-state index in [4.69, 9.17) is 0 Å². The molecule has 0 unspecified atom stereocenters. The predicted octanol–water partition coefficient (Wildman–Crippen LogP) is 7.72. The topological polar surface area (TPSA) is 58.1 Å². The first-order chi connectivity index (χ1) is 20.7. The van der Waals surface area contributed by atoms with Crippen LogP contribution in [-0.4, -0.2) is 26.8 Å². The molecule has 0 radical (unpaired) electrons. The second kappa shape index (κ2) is 11.4. The molecule has 43 heavy (non-hydrogen) atoms. The van der Waals surface area contributed by atoms with Crippen molar-refractivity contribution in [2.24, 2.45) is 0 Å². The molecule has 1 aliphatic rings. The third-order valence-electron chi connectivity index (χ3n) is 7.46. The van der Waals surface area contributed by atoms with Crippen LogP contribution in [0.15, 0.2) is 73.1 Å². The van der Waals surface area contributed by atoms with Crippen molar-refractivity contribution in [1.29, 1.82) is 0 Å². The van der Waals surface area contributed by atoms with Gasteiger partial charge in [-0.25, -0.2) is 31.9 Å². The first-order valence-corrected chi connectivity index (χ1v) is 13.7. The molecule has 0 bridgehead atoms. The molecule has 5 aromatic rings. The van der Waals surface area contributed by atoms with E-state index in [9.17, 15) is 26.7 Å². The van der Waals surface area contributed by atoms with Crippen LogP contribution in [0.2, 0.25) is 0 Å². The van der Waals surface area contributed by atoms with E-state index in [1.807, 2.05) is 55.5 Å². The highest BCUT2D eigenvalue weighted by Crippen LogP contribution is 2.34. The number of fused-ring (bicyclic) bond motifs is 1. The van der Waals surface area contributed by atoms with Gasteiger partial charge in [0.1, 0.15) is 17.7 Å². The molecule has 5 nitrogen and oxygen atoms in total. The van der Waals surface area contributed by atoms with Gasteiger partial charge >= 0.3 is 0 Å². The van der Waals surface area contributed by atoms with Crippen LogP contribution in [0.4, 0.5) is 27.8 Å².